The number of fused-ring (bicyclic) bond motifs is 5. The minimum Gasteiger partial charge on any atom is -0.395 e. The number of aliphatic hydroxyl groups is 7. The van der Waals surface area contributed by atoms with Crippen LogP contribution in [0, 0.1) is 45.3 Å². The van der Waals surface area contributed by atoms with Crippen LogP contribution in [0.5, 0.6) is 0 Å². The molecule has 0 amide bonds. The fraction of sp³-hybridized carbons (Fsp3) is 0.933. The lowest BCUT2D eigenvalue weighted by molar-refractivity contribution is -0.181. The molecule has 7 nitrogen and oxygen atoms in total. The van der Waals surface area contributed by atoms with Crippen LogP contribution in [0.25, 0.3) is 0 Å². The van der Waals surface area contributed by atoms with Gasteiger partial charge in [0, 0.05) is 11.3 Å². The van der Waals surface area contributed by atoms with E-state index >= 15 is 0 Å². The van der Waals surface area contributed by atoms with Crippen LogP contribution in [-0.4, -0.2) is 78.5 Å². The van der Waals surface area contributed by atoms with Crippen LogP contribution >= 0.6 is 0 Å². The molecular weight excluding hydrogens is 472 g/mol. The summed E-state index contributed by atoms with van der Waals surface area (Å²) in [4.78, 5) is 0. The molecule has 0 aromatic rings. The molecule has 0 aliphatic heterocycles. The van der Waals surface area contributed by atoms with Gasteiger partial charge in [0.25, 0.3) is 0 Å². The van der Waals surface area contributed by atoms with E-state index in [9.17, 15) is 35.7 Å². The average molecular weight is 525 g/mol. The maximum atomic E-state index is 11.6. The van der Waals surface area contributed by atoms with Crippen molar-refractivity contribution in [3.63, 3.8) is 0 Å². The molecular formula is C30H52O7. The predicted octanol–water partition coefficient (Wildman–Crippen LogP) is 2.39. The molecule has 37 heavy (non-hydrogen) atoms. The van der Waals surface area contributed by atoms with Crippen molar-refractivity contribution in [1.29, 1.82) is 0 Å². The molecule has 0 bridgehead atoms. The topological polar surface area (TPSA) is 142 Å². The maximum absolute atomic E-state index is 11.6. The minimum atomic E-state index is -1.43. The third kappa shape index (κ3) is 4.10. The lowest BCUT2D eigenvalue weighted by atomic mass is 9.40. The smallest absolute Gasteiger partial charge is 0.108 e. The Bertz CT molecular complexity index is 895. The Hall–Kier alpha value is -0.540. The first-order chi connectivity index (χ1) is 16.9. The van der Waals surface area contributed by atoms with Crippen molar-refractivity contribution in [3.8, 4) is 0 Å². The van der Waals surface area contributed by atoms with Gasteiger partial charge < -0.3 is 35.7 Å². The molecule has 0 unspecified atom stereocenters. The monoisotopic (exact) mass is 524 g/mol. The Kier molecular flexibility index (Phi) is 7.36. The summed E-state index contributed by atoms with van der Waals surface area (Å²) >= 11 is 0. The fourth-order valence-corrected chi connectivity index (χ4v) is 10.1. The van der Waals surface area contributed by atoms with E-state index in [-0.39, 0.29) is 47.5 Å². The van der Waals surface area contributed by atoms with Crippen LogP contribution in [0.2, 0.25) is 0 Å². The Morgan fingerprint density at radius 3 is 2.22 bits per heavy atom. The van der Waals surface area contributed by atoms with Crippen molar-refractivity contribution >= 4 is 0 Å². The van der Waals surface area contributed by atoms with Gasteiger partial charge in [-0.25, -0.2) is 0 Å². The van der Waals surface area contributed by atoms with Crippen LogP contribution in [0.3, 0.4) is 0 Å². The van der Waals surface area contributed by atoms with E-state index in [0.29, 0.717) is 25.7 Å². The molecule has 4 aliphatic rings. The van der Waals surface area contributed by atoms with Gasteiger partial charge in [-0.15, -0.1) is 0 Å². The molecule has 3 fully saturated rings. The lowest BCUT2D eigenvalue weighted by Gasteiger charge is -2.65. The second-order valence-corrected chi connectivity index (χ2v) is 14.9. The van der Waals surface area contributed by atoms with Gasteiger partial charge >= 0.3 is 0 Å². The summed E-state index contributed by atoms with van der Waals surface area (Å²) in [6.45, 7) is 13.4. The molecule has 4 aliphatic carbocycles. The highest BCUT2D eigenvalue weighted by Crippen LogP contribution is 2.73. The summed E-state index contributed by atoms with van der Waals surface area (Å²) in [5.74, 6) is -0.498. The summed E-state index contributed by atoms with van der Waals surface area (Å²) < 4.78 is 0. The van der Waals surface area contributed by atoms with E-state index < -0.39 is 47.0 Å². The Morgan fingerprint density at radius 1 is 1.03 bits per heavy atom. The van der Waals surface area contributed by atoms with Crippen molar-refractivity contribution in [2.75, 3.05) is 6.61 Å². The average Bonchev–Trinajstić information content (AvgIpc) is 3.00. The number of rotatable bonds is 6. The van der Waals surface area contributed by atoms with Crippen molar-refractivity contribution in [3.05, 3.63) is 11.6 Å². The summed E-state index contributed by atoms with van der Waals surface area (Å²) in [7, 11) is 0. The zero-order valence-electron chi connectivity index (χ0n) is 23.9. The molecule has 0 aromatic carbocycles. The third-order valence-electron chi connectivity index (χ3n) is 12.1. The van der Waals surface area contributed by atoms with Gasteiger partial charge in [0.05, 0.1) is 36.6 Å². The zero-order chi connectivity index (χ0) is 27.9. The maximum Gasteiger partial charge on any atom is 0.108 e. The Labute approximate surface area is 222 Å². The summed E-state index contributed by atoms with van der Waals surface area (Å²) in [6.07, 6.45) is 1.37. The first-order valence-electron chi connectivity index (χ1n) is 14.3. The van der Waals surface area contributed by atoms with Gasteiger partial charge in [-0.05, 0) is 86.4 Å². The second-order valence-electron chi connectivity index (χ2n) is 14.9. The number of hydrogen-bond donors (Lipinski definition) is 7. The van der Waals surface area contributed by atoms with Gasteiger partial charge in [-0.1, -0.05) is 46.3 Å². The van der Waals surface area contributed by atoms with E-state index in [1.165, 1.54) is 19.4 Å². The Balaban J connectivity index is 1.71. The summed E-state index contributed by atoms with van der Waals surface area (Å²) in [5, 5.41) is 76.2. The highest BCUT2D eigenvalue weighted by Gasteiger charge is 2.69. The van der Waals surface area contributed by atoms with E-state index in [1.807, 2.05) is 20.8 Å². The van der Waals surface area contributed by atoms with Crippen molar-refractivity contribution in [2.45, 2.75) is 123 Å². The van der Waals surface area contributed by atoms with Crippen LogP contribution in [0.4, 0.5) is 0 Å². The number of aliphatic hydroxyl groups excluding tert-OH is 6. The second kappa shape index (κ2) is 9.25. The van der Waals surface area contributed by atoms with Gasteiger partial charge in [0.15, 0.2) is 0 Å². The van der Waals surface area contributed by atoms with Gasteiger partial charge in [0.1, 0.15) is 6.10 Å². The molecule has 3 saturated carbocycles. The molecule has 4 rings (SSSR count). The first kappa shape index (κ1) is 29.4. The molecule has 0 radical (unpaired) electrons. The zero-order valence-corrected chi connectivity index (χ0v) is 23.9. The largest absolute Gasteiger partial charge is 0.395 e. The highest BCUT2D eigenvalue weighted by molar-refractivity contribution is 5.35. The predicted molar refractivity (Wildman–Crippen MR) is 141 cm³/mol. The fourth-order valence-electron chi connectivity index (χ4n) is 10.1. The first-order valence-corrected chi connectivity index (χ1v) is 14.3. The van der Waals surface area contributed by atoms with Gasteiger partial charge in [0.2, 0.25) is 0 Å². The van der Waals surface area contributed by atoms with E-state index in [1.54, 1.807) is 0 Å². The highest BCUT2D eigenvalue weighted by atomic mass is 16.4. The molecule has 0 aromatic heterocycles. The third-order valence-corrected chi connectivity index (χ3v) is 12.1. The standard InChI is InChI=1S/C30H52O7/c1-16(12-20(33)25(36)27(4,5)37)23-21(34)14-29(7)18-13-19(32)24-26(2,3)22(35)9-11-30(24,15-31)17(18)8-10-28(23,29)6/h8,16,18-25,31-37H,9-15H2,1-7H3/t16-,18-,19+,20+,21+,22+,23+,24+,25+,28-,29+,30+/m1/s1. The van der Waals surface area contributed by atoms with Crippen LogP contribution < -0.4 is 0 Å². The summed E-state index contributed by atoms with van der Waals surface area (Å²) in [6, 6.07) is 0. The van der Waals surface area contributed by atoms with Gasteiger partial charge in [-0.2, -0.15) is 0 Å². The molecule has 0 spiro atoms. The molecule has 12 atom stereocenters. The molecule has 7 heteroatoms. The Morgan fingerprint density at radius 2 is 1.65 bits per heavy atom. The van der Waals surface area contributed by atoms with Crippen molar-refractivity contribution in [2.24, 2.45) is 45.3 Å². The molecule has 0 heterocycles. The van der Waals surface area contributed by atoms with Crippen molar-refractivity contribution in [1.82, 2.24) is 0 Å². The SMILES string of the molecule is C[C@H](C[C@H](O)[C@H](O)C(C)(C)O)[C@H]1[C@@H](O)C[C@@]2(C)[C@@H]3C[C@H](O)[C@H]4C(C)(C)[C@@H](O)CC[C@]4(CO)C3=CC[C@]12C. The quantitative estimate of drug-likeness (QED) is 0.265. The van der Waals surface area contributed by atoms with Gasteiger partial charge in [-0.3, -0.25) is 0 Å². The van der Waals surface area contributed by atoms with Crippen LogP contribution in [-0.2, 0) is 0 Å². The minimum absolute atomic E-state index is 0.00516. The lowest BCUT2D eigenvalue weighted by Crippen LogP contribution is -2.64. The number of allylic oxidation sites excluding steroid dienone is 1. The van der Waals surface area contributed by atoms with E-state index in [4.69, 9.17) is 0 Å². The molecule has 214 valence electrons. The molecule has 7 N–H and O–H groups in total. The van der Waals surface area contributed by atoms with E-state index in [2.05, 4.69) is 19.9 Å². The normalized spacial score (nSPS) is 47.8. The number of hydrogen-bond acceptors (Lipinski definition) is 7. The molecule has 0 saturated heterocycles. The van der Waals surface area contributed by atoms with E-state index in [0.717, 1.165) is 6.42 Å². The van der Waals surface area contributed by atoms with Crippen molar-refractivity contribution < 1.29 is 35.7 Å². The van der Waals surface area contributed by atoms with Crippen LogP contribution in [0.1, 0.15) is 87.0 Å². The summed E-state index contributed by atoms with van der Waals surface area (Å²) in [5.41, 5.74) is -1.99. The van der Waals surface area contributed by atoms with Crippen LogP contribution in [0.15, 0.2) is 11.6 Å².